The molecule has 2 aliphatic heterocycles. The molecule has 5 rings (SSSR count). The highest BCUT2D eigenvalue weighted by atomic mass is 16.5. The van der Waals surface area contributed by atoms with Crippen LogP contribution in [0.25, 0.3) is 11.1 Å². The fraction of sp³-hybridized carbons (Fsp3) is 0.355. The molecule has 37 heavy (non-hydrogen) atoms. The van der Waals surface area contributed by atoms with Gasteiger partial charge < -0.3 is 24.6 Å². The van der Waals surface area contributed by atoms with E-state index in [0.717, 1.165) is 59.0 Å². The molecular formula is C31H36N2O4. The van der Waals surface area contributed by atoms with E-state index in [2.05, 4.69) is 30.7 Å². The third-order valence-corrected chi connectivity index (χ3v) is 7.72. The number of phenols is 2. The average molecular weight is 501 g/mol. The van der Waals surface area contributed by atoms with Crippen molar-refractivity contribution in [2.24, 2.45) is 0 Å². The third-order valence-electron chi connectivity index (χ3n) is 7.72. The van der Waals surface area contributed by atoms with Crippen molar-refractivity contribution in [1.82, 2.24) is 9.80 Å². The van der Waals surface area contributed by atoms with Gasteiger partial charge >= 0.3 is 0 Å². The van der Waals surface area contributed by atoms with Gasteiger partial charge in [0.2, 0.25) is 0 Å². The first kappa shape index (κ1) is 25.2. The number of allylic oxidation sites excluding steroid dienone is 1. The van der Waals surface area contributed by atoms with Gasteiger partial charge in [0.1, 0.15) is 35.7 Å². The van der Waals surface area contributed by atoms with Crippen LogP contribution in [0.15, 0.2) is 66.7 Å². The Bertz CT molecular complexity index is 1290. The molecule has 2 aliphatic rings. The van der Waals surface area contributed by atoms with Crippen LogP contribution in [-0.4, -0.2) is 65.4 Å². The van der Waals surface area contributed by atoms with Crippen molar-refractivity contribution in [3.8, 4) is 23.0 Å². The van der Waals surface area contributed by atoms with Crippen LogP contribution in [0, 0.1) is 0 Å². The van der Waals surface area contributed by atoms with Gasteiger partial charge in [0.15, 0.2) is 0 Å². The third kappa shape index (κ3) is 5.31. The van der Waals surface area contributed by atoms with Gasteiger partial charge in [-0.2, -0.15) is 0 Å². The fourth-order valence-corrected chi connectivity index (χ4v) is 5.26. The van der Waals surface area contributed by atoms with Crippen LogP contribution in [0.5, 0.6) is 23.0 Å². The van der Waals surface area contributed by atoms with Crippen molar-refractivity contribution in [1.29, 1.82) is 0 Å². The molecule has 1 saturated heterocycles. The lowest BCUT2D eigenvalue weighted by Crippen LogP contribution is -2.53. The van der Waals surface area contributed by atoms with Gasteiger partial charge in [0, 0.05) is 42.9 Å². The van der Waals surface area contributed by atoms with E-state index in [9.17, 15) is 10.2 Å². The summed E-state index contributed by atoms with van der Waals surface area (Å²) in [5, 5.41) is 20.2. The highest BCUT2D eigenvalue weighted by Crippen LogP contribution is 2.47. The zero-order chi connectivity index (χ0) is 26.1. The normalized spacial score (nSPS) is 21.3. The van der Waals surface area contributed by atoms with Crippen LogP contribution in [0.2, 0.25) is 0 Å². The number of fused-ring (bicyclic) bond motifs is 1. The molecule has 2 N–H and O–H groups in total. The molecule has 0 spiro atoms. The Hall–Kier alpha value is -3.48. The molecule has 6 nitrogen and oxygen atoms in total. The molecule has 3 aromatic carbocycles. The van der Waals surface area contributed by atoms with Crippen molar-refractivity contribution in [3.63, 3.8) is 0 Å². The molecular weight excluding hydrogens is 464 g/mol. The molecule has 1 fully saturated rings. The first-order chi connectivity index (χ1) is 17.8. The first-order valence-corrected chi connectivity index (χ1v) is 13.0. The van der Waals surface area contributed by atoms with Gasteiger partial charge in [-0.3, -0.25) is 4.90 Å². The topological polar surface area (TPSA) is 65.4 Å². The lowest BCUT2D eigenvalue weighted by molar-refractivity contribution is 0.0587. The number of hydrogen-bond donors (Lipinski definition) is 2. The van der Waals surface area contributed by atoms with E-state index in [-0.39, 0.29) is 17.6 Å². The molecule has 194 valence electrons. The van der Waals surface area contributed by atoms with E-state index in [1.807, 2.05) is 43.3 Å². The number of benzene rings is 3. The van der Waals surface area contributed by atoms with Gasteiger partial charge in [0.05, 0.1) is 0 Å². The highest BCUT2D eigenvalue weighted by Gasteiger charge is 2.30. The Morgan fingerprint density at radius 2 is 1.76 bits per heavy atom. The summed E-state index contributed by atoms with van der Waals surface area (Å²) >= 11 is 0. The van der Waals surface area contributed by atoms with Crippen LogP contribution in [0.1, 0.15) is 43.6 Å². The summed E-state index contributed by atoms with van der Waals surface area (Å²) in [5.74, 6) is 1.95. The number of nitrogens with zero attached hydrogens (tertiary/aromatic N) is 2. The number of likely N-dealkylation sites (N-methyl/N-ethyl adjacent to an activating group) is 1. The van der Waals surface area contributed by atoms with Crippen molar-refractivity contribution in [2.75, 3.05) is 33.3 Å². The average Bonchev–Trinajstić information content (AvgIpc) is 2.89. The second-order valence-corrected chi connectivity index (χ2v) is 10.3. The maximum atomic E-state index is 10.2. The molecule has 0 radical (unpaired) electrons. The highest BCUT2D eigenvalue weighted by molar-refractivity contribution is 5.95. The van der Waals surface area contributed by atoms with E-state index in [0.29, 0.717) is 18.7 Å². The van der Waals surface area contributed by atoms with E-state index < -0.39 is 0 Å². The van der Waals surface area contributed by atoms with E-state index in [1.54, 1.807) is 30.3 Å². The first-order valence-electron chi connectivity index (χ1n) is 13.0. The van der Waals surface area contributed by atoms with E-state index in [4.69, 9.17) is 9.47 Å². The lowest BCUT2D eigenvalue weighted by Gasteiger charge is -2.40. The molecule has 0 saturated carbocycles. The minimum atomic E-state index is -0.362. The number of piperazine rings is 1. The molecule has 1 unspecified atom stereocenters. The van der Waals surface area contributed by atoms with Crippen LogP contribution < -0.4 is 9.47 Å². The molecule has 0 aromatic heterocycles. The van der Waals surface area contributed by atoms with E-state index >= 15 is 0 Å². The summed E-state index contributed by atoms with van der Waals surface area (Å²) in [4.78, 5) is 4.90. The van der Waals surface area contributed by atoms with Gasteiger partial charge in [0.25, 0.3) is 0 Å². The van der Waals surface area contributed by atoms with Gasteiger partial charge in [-0.05, 0) is 87.0 Å². The standard InChI is InChI=1S/C31H36N2O4/c1-20-18-33(15-14-32(20)4)21(2)19-36-27-11-8-23(9-12-27)31-30(24-6-5-7-25(34)16-24)22(3)28-17-26(35)10-13-29(28)37-31/h5-13,16-17,20-21,31,34-35H,14-15,18-19H2,1-4H3/t20-,21-,31?/m0/s1. The molecule has 2 heterocycles. The Morgan fingerprint density at radius 1 is 1.00 bits per heavy atom. The fourth-order valence-electron chi connectivity index (χ4n) is 5.26. The SMILES string of the molecule is CC1=C(c2cccc(O)c2)C(c2ccc(OC[C@H](C)N3CCN(C)[C@@H](C)C3)cc2)Oc2ccc(O)cc21. The smallest absolute Gasteiger partial charge is 0.150 e. The maximum absolute atomic E-state index is 10.2. The predicted molar refractivity (Wildman–Crippen MR) is 147 cm³/mol. The summed E-state index contributed by atoms with van der Waals surface area (Å²) in [6.45, 7) is 10.4. The number of ether oxygens (including phenoxy) is 2. The zero-order valence-corrected chi connectivity index (χ0v) is 22.0. The number of aromatic hydroxyl groups is 2. The van der Waals surface area contributed by atoms with Crippen LogP contribution in [0.3, 0.4) is 0 Å². The van der Waals surface area contributed by atoms with Crippen LogP contribution >= 0.6 is 0 Å². The Kier molecular flexibility index (Phi) is 7.13. The Morgan fingerprint density at radius 3 is 2.49 bits per heavy atom. The number of phenolic OH excluding ortho intramolecular Hbond substituents is 2. The van der Waals surface area contributed by atoms with Crippen LogP contribution in [0.4, 0.5) is 0 Å². The molecule has 0 bridgehead atoms. The van der Waals surface area contributed by atoms with Gasteiger partial charge in [-0.15, -0.1) is 0 Å². The van der Waals surface area contributed by atoms with Crippen molar-refractivity contribution >= 4 is 11.1 Å². The summed E-state index contributed by atoms with van der Waals surface area (Å²) in [6.07, 6.45) is -0.362. The monoisotopic (exact) mass is 500 g/mol. The summed E-state index contributed by atoms with van der Waals surface area (Å²) in [6, 6.07) is 21.4. The summed E-state index contributed by atoms with van der Waals surface area (Å²) < 4.78 is 12.7. The summed E-state index contributed by atoms with van der Waals surface area (Å²) in [7, 11) is 2.19. The van der Waals surface area contributed by atoms with Gasteiger partial charge in [-0.1, -0.05) is 24.3 Å². The molecule has 6 heteroatoms. The van der Waals surface area contributed by atoms with Crippen LogP contribution in [-0.2, 0) is 0 Å². The van der Waals surface area contributed by atoms with Crippen molar-refractivity contribution < 1.29 is 19.7 Å². The largest absolute Gasteiger partial charge is 0.508 e. The van der Waals surface area contributed by atoms with Crippen molar-refractivity contribution in [3.05, 3.63) is 83.4 Å². The second-order valence-electron chi connectivity index (χ2n) is 10.3. The maximum Gasteiger partial charge on any atom is 0.150 e. The Balaban J connectivity index is 1.36. The van der Waals surface area contributed by atoms with Crippen molar-refractivity contribution in [2.45, 2.75) is 39.0 Å². The van der Waals surface area contributed by atoms with E-state index in [1.165, 1.54) is 0 Å². The quantitative estimate of drug-likeness (QED) is 0.462. The lowest BCUT2D eigenvalue weighted by atomic mass is 9.86. The number of rotatable bonds is 6. The predicted octanol–water partition coefficient (Wildman–Crippen LogP) is 5.57. The number of hydrogen-bond acceptors (Lipinski definition) is 6. The molecule has 0 amide bonds. The zero-order valence-electron chi connectivity index (χ0n) is 22.0. The second kappa shape index (κ2) is 10.5. The molecule has 3 atom stereocenters. The minimum Gasteiger partial charge on any atom is -0.508 e. The van der Waals surface area contributed by atoms with Gasteiger partial charge in [-0.25, -0.2) is 0 Å². The molecule has 0 aliphatic carbocycles. The Labute approximate surface area is 219 Å². The minimum absolute atomic E-state index is 0.192. The summed E-state index contributed by atoms with van der Waals surface area (Å²) in [5.41, 5.74) is 4.68. The molecule has 3 aromatic rings.